The first-order valence-corrected chi connectivity index (χ1v) is 5.73. The van der Waals surface area contributed by atoms with Gasteiger partial charge in [-0.15, -0.1) is 0 Å². The van der Waals surface area contributed by atoms with Crippen LogP contribution in [0.2, 0.25) is 0 Å². The third kappa shape index (κ3) is 1.23. The van der Waals surface area contributed by atoms with Gasteiger partial charge in [0, 0.05) is 22.3 Å². The van der Waals surface area contributed by atoms with Crippen LogP contribution in [0.1, 0.15) is 40.1 Å². The van der Waals surface area contributed by atoms with Crippen molar-refractivity contribution in [1.29, 1.82) is 0 Å². The lowest BCUT2D eigenvalue weighted by Gasteiger charge is -2.29. The van der Waals surface area contributed by atoms with Gasteiger partial charge in [-0.05, 0) is 19.4 Å². The third-order valence-corrected chi connectivity index (χ3v) is 3.50. The van der Waals surface area contributed by atoms with Crippen LogP contribution in [0.5, 0.6) is 0 Å². The van der Waals surface area contributed by atoms with Gasteiger partial charge < -0.3 is 4.74 Å². The average Bonchev–Trinajstić information content (AvgIpc) is 2.35. The van der Waals surface area contributed by atoms with Crippen molar-refractivity contribution in [1.82, 2.24) is 0 Å². The molecule has 1 atom stereocenters. The van der Waals surface area contributed by atoms with E-state index in [9.17, 15) is 14.0 Å². The fourth-order valence-electron chi connectivity index (χ4n) is 2.52. The van der Waals surface area contributed by atoms with Gasteiger partial charge in [0.2, 0.25) is 11.6 Å². The van der Waals surface area contributed by atoms with Crippen LogP contribution >= 0.6 is 0 Å². The van der Waals surface area contributed by atoms with E-state index in [0.717, 1.165) is 0 Å². The van der Waals surface area contributed by atoms with E-state index in [1.807, 2.05) is 0 Å². The van der Waals surface area contributed by atoms with Gasteiger partial charge in [-0.3, -0.25) is 9.59 Å². The van der Waals surface area contributed by atoms with E-state index in [1.165, 1.54) is 0 Å². The molecule has 3 nitrogen and oxygen atoms in total. The number of Topliss-reactive ketones (excluding diaryl/α,β-unsaturated/α-hetero) is 2. The van der Waals surface area contributed by atoms with Crippen LogP contribution < -0.4 is 0 Å². The summed E-state index contributed by atoms with van der Waals surface area (Å²) in [6, 6.07) is 3.34. The predicted octanol–water partition coefficient (Wildman–Crippen LogP) is 2.53. The number of allylic oxidation sites excluding steroid dienone is 1. The summed E-state index contributed by atoms with van der Waals surface area (Å²) in [6.45, 7) is 3.17. The number of carbonyl (C=O) groups excluding carboxylic acids is 2. The molecule has 3 rings (SSSR count). The van der Waals surface area contributed by atoms with Crippen molar-refractivity contribution in [3.63, 3.8) is 0 Å². The molecule has 0 saturated heterocycles. The molecule has 1 aromatic rings. The van der Waals surface area contributed by atoms with Crippen LogP contribution in [0.4, 0.5) is 4.39 Å². The summed E-state index contributed by atoms with van der Waals surface area (Å²) in [7, 11) is 0. The van der Waals surface area contributed by atoms with Crippen molar-refractivity contribution in [3.8, 4) is 0 Å². The van der Waals surface area contributed by atoms with Gasteiger partial charge >= 0.3 is 0 Å². The van der Waals surface area contributed by atoms with Gasteiger partial charge in [-0.2, -0.15) is 0 Å². The summed E-state index contributed by atoms with van der Waals surface area (Å²) < 4.78 is 19.1. The van der Waals surface area contributed by atoms with E-state index in [2.05, 4.69) is 0 Å². The topological polar surface area (TPSA) is 43.4 Å². The van der Waals surface area contributed by atoms with E-state index >= 15 is 0 Å². The number of halogens is 1. The first-order valence-electron chi connectivity index (χ1n) is 5.73. The zero-order chi connectivity index (χ0) is 13.0. The second kappa shape index (κ2) is 3.51. The van der Waals surface area contributed by atoms with Crippen LogP contribution in [0, 0.1) is 6.92 Å². The van der Waals surface area contributed by atoms with Crippen LogP contribution in [0.15, 0.2) is 17.7 Å². The number of carbonyl (C=O) groups is 2. The Morgan fingerprint density at radius 2 is 1.89 bits per heavy atom. The first kappa shape index (κ1) is 11.1. The van der Waals surface area contributed by atoms with Crippen molar-refractivity contribution in [2.24, 2.45) is 0 Å². The Balaban J connectivity index is 2.44. The second-order valence-corrected chi connectivity index (χ2v) is 4.61. The number of aryl methyl sites for hydroxylation is 1. The molecule has 1 aliphatic carbocycles. The smallest absolute Gasteiger partial charge is 0.234 e. The van der Waals surface area contributed by atoms with Crippen molar-refractivity contribution < 1.29 is 18.7 Å². The number of benzene rings is 1. The van der Waals surface area contributed by atoms with Crippen molar-refractivity contribution in [3.05, 3.63) is 40.0 Å². The van der Waals surface area contributed by atoms with Crippen molar-refractivity contribution in [2.75, 3.05) is 6.61 Å². The Bertz CT molecular complexity index is 628. The monoisotopic (exact) mass is 246 g/mol. The summed E-state index contributed by atoms with van der Waals surface area (Å²) in [6.07, 6.45) is -1.25. The lowest BCUT2D eigenvalue weighted by Crippen LogP contribution is -2.28. The molecule has 2 aliphatic rings. The highest BCUT2D eigenvalue weighted by Gasteiger charge is 2.38. The van der Waals surface area contributed by atoms with E-state index in [1.54, 1.807) is 26.0 Å². The van der Waals surface area contributed by atoms with E-state index in [-0.39, 0.29) is 12.2 Å². The Hall–Kier alpha value is -1.97. The van der Waals surface area contributed by atoms with Gasteiger partial charge in [0.05, 0.1) is 0 Å². The van der Waals surface area contributed by atoms with Crippen LogP contribution in [-0.4, -0.2) is 18.2 Å². The number of hydrogen-bond acceptors (Lipinski definition) is 3. The maximum absolute atomic E-state index is 13.8. The molecule has 0 amide bonds. The zero-order valence-electron chi connectivity index (χ0n) is 10.0. The summed E-state index contributed by atoms with van der Waals surface area (Å²) in [5.41, 5.74) is 2.15. The second-order valence-electron chi connectivity index (χ2n) is 4.61. The highest BCUT2D eigenvalue weighted by atomic mass is 19.1. The Kier molecular flexibility index (Phi) is 2.17. The average molecular weight is 246 g/mol. The summed E-state index contributed by atoms with van der Waals surface area (Å²) in [5, 5.41) is 0. The summed E-state index contributed by atoms with van der Waals surface area (Å²) in [5.74, 6) is -0.763. The molecule has 1 aromatic carbocycles. The lowest BCUT2D eigenvalue weighted by molar-refractivity contribution is -0.112. The molecule has 0 aromatic heterocycles. The number of alkyl halides is 1. The molecule has 0 spiro atoms. The van der Waals surface area contributed by atoms with Crippen LogP contribution in [0.3, 0.4) is 0 Å². The lowest BCUT2D eigenvalue weighted by atomic mass is 9.82. The molecule has 0 bridgehead atoms. The minimum atomic E-state index is -1.25. The summed E-state index contributed by atoms with van der Waals surface area (Å²) >= 11 is 0. The largest absolute Gasteiger partial charge is 0.489 e. The van der Waals surface area contributed by atoms with E-state index in [0.29, 0.717) is 28.0 Å². The summed E-state index contributed by atoms with van der Waals surface area (Å²) in [4.78, 5) is 23.9. The van der Waals surface area contributed by atoms with Crippen molar-refractivity contribution in [2.45, 2.75) is 20.0 Å². The first-order chi connectivity index (χ1) is 8.52. The highest BCUT2D eigenvalue weighted by Crippen LogP contribution is 2.41. The Morgan fingerprint density at radius 3 is 2.61 bits per heavy atom. The van der Waals surface area contributed by atoms with Crippen LogP contribution in [-0.2, 0) is 9.53 Å². The van der Waals surface area contributed by atoms with Crippen LogP contribution in [0.25, 0.3) is 5.76 Å². The third-order valence-electron chi connectivity index (χ3n) is 3.50. The molecule has 0 radical (unpaired) electrons. The Labute approximate surface area is 103 Å². The predicted molar refractivity (Wildman–Crippen MR) is 62.9 cm³/mol. The Morgan fingerprint density at radius 1 is 1.17 bits per heavy atom. The fourth-order valence-corrected chi connectivity index (χ4v) is 2.52. The van der Waals surface area contributed by atoms with Crippen molar-refractivity contribution >= 4 is 17.3 Å². The SMILES string of the molecule is CC1=C2OCC(F)c3ccc(C)c(c32)C(=O)C1=O. The number of hydrogen-bond donors (Lipinski definition) is 0. The fraction of sp³-hybridized carbons (Fsp3) is 0.286. The number of rotatable bonds is 0. The highest BCUT2D eigenvalue weighted by molar-refractivity contribution is 6.52. The molecule has 18 heavy (non-hydrogen) atoms. The molecule has 1 unspecified atom stereocenters. The number of ketones is 2. The quantitative estimate of drug-likeness (QED) is 0.661. The molecular weight excluding hydrogens is 235 g/mol. The molecule has 0 saturated carbocycles. The molecule has 1 heterocycles. The maximum Gasteiger partial charge on any atom is 0.234 e. The maximum atomic E-state index is 13.8. The van der Waals surface area contributed by atoms with Gasteiger partial charge in [0.25, 0.3) is 0 Å². The molecular formula is C14H11FO3. The normalized spacial score (nSPS) is 21.8. The zero-order valence-corrected chi connectivity index (χ0v) is 10.0. The van der Waals surface area contributed by atoms with Gasteiger partial charge in [-0.25, -0.2) is 4.39 Å². The minimum Gasteiger partial charge on any atom is -0.489 e. The van der Waals surface area contributed by atoms with E-state index in [4.69, 9.17) is 4.74 Å². The minimum absolute atomic E-state index is 0.107. The molecule has 92 valence electrons. The van der Waals surface area contributed by atoms with Gasteiger partial charge in [-0.1, -0.05) is 12.1 Å². The van der Waals surface area contributed by atoms with Gasteiger partial charge in [0.15, 0.2) is 6.17 Å². The van der Waals surface area contributed by atoms with E-state index < -0.39 is 17.7 Å². The van der Waals surface area contributed by atoms with Gasteiger partial charge in [0.1, 0.15) is 12.4 Å². The number of ether oxygens (including phenoxy) is 1. The molecule has 1 aliphatic heterocycles. The molecule has 0 fully saturated rings. The standard InChI is InChI=1S/C14H11FO3/c1-6-3-4-8-9(15)5-18-14-7(2)12(16)13(17)10(6)11(8)14/h3-4,9H,5H2,1-2H3. The molecule has 0 N–H and O–H groups in total. The molecule has 4 heteroatoms.